The molecule has 0 fully saturated rings. The lowest BCUT2D eigenvalue weighted by atomic mass is 9.97. The summed E-state index contributed by atoms with van der Waals surface area (Å²) < 4.78 is 5.54. The number of non-ortho nitro benzene ring substituents is 1. The van der Waals surface area contributed by atoms with Gasteiger partial charge < -0.3 is 4.74 Å². The number of fused-ring (bicyclic) bond motifs is 1. The third-order valence-corrected chi connectivity index (χ3v) is 3.70. The standard InChI is InChI=1S/C17H15N3O4/c21-17(16-15-7-2-1-5-13(15)8-9-24-16)19-18-11-12-4-3-6-14(10-12)20(22)23/h1-7,10-11,16H,8-9H2,(H,19,21)/b18-11-. The fourth-order valence-electron chi connectivity index (χ4n) is 2.56. The molecule has 1 aliphatic heterocycles. The Morgan fingerprint density at radius 1 is 1.29 bits per heavy atom. The third-order valence-electron chi connectivity index (χ3n) is 3.70. The predicted octanol–water partition coefficient (Wildman–Crippen LogP) is 2.36. The summed E-state index contributed by atoms with van der Waals surface area (Å²) in [5.41, 5.74) is 4.85. The molecule has 0 aromatic heterocycles. The van der Waals surface area contributed by atoms with Crippen LogP contribution in [0.5, 0.6) is 0 Å². The van der Waals surface area contributed by atoms with Gasteiger partial charge in [-0.2, -0.15) is 5.10 Å². The fourth-order valence-corrected chi connectivity index (χ4v) is 2.56. The molecule has 7 nitrogen and oxygen atoms in total. The second kappa shape index (κ2) is 7.01. The molecule has 1 amide bonds. The summed E-state index contributed by atoms with van der Waals surface area (Å²) >= 11 is 0. The lowest BCUT2D eigenvalue weighted by Gasteiger charge is -2.24. The van der Waals surface area contributed by atoms with Crippen LogP contribution in [0.2, 0.25) is 0 Å². The van der Waals surface area contributed by atoms with Gasteiger partial charge >= 0.3 is 0 Å². The van der Waals surface area contributed by atoms with Crippen molar-refractivity contribution in [3.05, 3.63) is 75.3 Å². The lowest BCUT2D eigenvalue weighted by molar-refractivity contribution is -0.384. The van der Waals surface area contributed by atoms with Crippen LogP contribution in [0.1, 0.15) is 22.8 Å². The first-order valence-electron chi connectivity index (χ1n) is 7.42. The summed E-state index contributed by atoms with van der Waals surface area (Å²) in [6.45, 7) is 0.476. The molecule has 0 saturated carbocycles. The Morgan fingerprint density at radius 2 is 2.12 bits per heavy atom. The van der Waals surface area contributed by atoms with Crippen LogP contribution in [0.25, 0.3) is 0 Å². The Hall–Kier alpha value is -3.06. The molecular weight excluding hydrogens is 310 g/mol. The maximum atomic E-state index is 12.3. The van der Waals surface area contributed by atoms with Crippen LogP contribution in [0.3, 0.4) is 0 Å². The molecule has 122 valence electrons. The highest BCUT2D eigenvalue weighted by molar-refractivity contribution is 5.85. The highest BCUT2D eigenvalue weighted by Crippen LogP contribution is 2.26. The molecule has 1 heterocycles. The molecule has 1 aliphatic rings. The summed E-state index contributed by atoms with van der Waals surface area (Å²) in [5.74, 6) is -0.371. The Labute approximate surface area is 138 Å². The van der Waals surface area contributed by atoms with E-state index in [1.807, 2.05) is 24.3 Å². The molecule has 2 aromatic carbocycles. The zero-order chi connectivity index (χ0) is 16.9. The predicted molar refractivity (Wildman–Crippen MR) is 87.7 cm³/mol. The Kier molecular flexibility index (Phi) is 4.62. The number of hydrogen-bond donors (Lipinski definition) is 1. The van der Waals surface area contributed by atoms with E-state index in [9.17, 15) is 14.9 Å². The van der Waals surface area contributed by atoms with Crippen molar-refractivity contribution < 1.29 is 14.5 Å². The molecule has 0 spiro atoms. The average Bonchev–Trinajstić information content (AvgIpc) is 2.61. The van der Waals surface area contributed by atoms with Gasteiger partial charge in [-0.1, -0.05) is 36.4 Å². The number of nitrogens with zero attached hydrogens (tertiary/aromatic N) is 2. The topological polar surface area (TPSA) is 93.8 Å². The van der Waals surface area contributed by atoms with Crippen molar-refractivity contribution in [3.63, 3.8) is 0 Å². The van der Waals surface area contributed by atoms with E-state index in [0.717, 1.165) is 17.5 Å². The first-order chi connectivity index (χ1) is 11.6. The summed E-state index contributed by atoms with van der Waals surface area (Å²) in [6.07, 6.45) is 1.44. The third kappa shape index (κ3) is 3.47. The second-order valence-corrected chi connectivity index (χ2v) is 5.29. The summed E-state index contributed by atoms with van der Waals surface area (Å²) in [5, 5.41) is 14.6. The first kappa shape index (κ1) is 15.8. The molecule has 3 rings (SSSR count). The molecule has 0 aliphatic carbocycles. The van der Waals surface area contributed by atoms with Crippen molar-refractivity contribution in [1.29, 1.82) is 0 Å². The molecule has 0 saturated heterocycles. The van der Waals surface area contributed by atoms with Gasteiger partial charge in [0.15, 0.2) is 6.10 Å². The Morgan fingerprint density at radius 3 is 2.96 bits per heavy atom. The van der Waals surface area contributed by atoms with E-state index in [0.29, 0.717) is 12.2 Å². The highest BCUT2D eigenvalue weighted by atomic mass is 16.6. The van der Waals surface area contributed by atoms with Crippen LogP contribution >= 0.6 is 0 Å². The maximum absolute atomic E-state index is 12.3. The van der Waals surface area contributed by atoms with Crippen molar-refractivity contribution in [3.8, 4) is 0 Å². The van der Waals surface area contributed by atoms with Gasteiger partial charge in [-0.3, -0.25) is 14.9 Å². The normalized spacial score (nSPS) is 16.6. The summed E-state index contributed by atoms with van der Waals surface area (Å²) in [7, 11) is 0. The molecule has 1 N–H and O–H groups in total. The van der Waals surface area contributed by atoms with Crippen molar-refractivity contribution in [2.45, 2.75) is 12.5 Å². The van der Waals surface area contributed by atoms with E-state index >= 15 is 0 Å². The number of hydrazone groups is 1. The number of amides is 1. The van der Waals surface area contributed by atoms with E-state index in [4.69, 9.17) is 4.74 Å². The maximum Gasteiger partial charge on any atom is 0.273 e. The molecule has 1 unspecified atom stereocenters. The van der Waals surface area contributed by atoms with E-state index in [2.05, 4.69) is 10.5 Å². The van der Waals surface area contributed by atoms with Crippen LogP contribution in [0, 0.1) is 10.1 Å². The van der Waals surface area contributed by atoms with Gasteiger partial charge in [-0.05, 0) is 17.5 Å². The Balaban J connectivity index is 1.68. The SMILES string of the molecule is O=C(N/N=C\c1cccc([N+](=O)[O-])c1)C1OCCc2ccccc21. The Bertz CT molecular complexity index is 804. The van der Waals surface area contributed by atoms with Gasteiger partial charge in [0.05, 0.1) is 17.7 Å². The van der Waals surface area contributed by atoms with Crippen molar-refractivity contribution >= 4 is 17.8 Å². The largest absolute Gasteiger partial charge is 0.363 e. The summed E-state index contributed by atoms with van der Waals surface area (Å²) in [4.78, 5) is 22.5. The van der Waals surface area contributed by atoms with E-state index < -0.39 is 11.0 Å². The first-order valence-corrected chi connectivity index (χ1v) is 7.42. The number of nitro benzene ring substituents is 1. The van der Waals surface area contributed by atoms with Crippen LogP contribution in [-0.2, 0) is 16.0 Å². The number of hydrogen-bond acceptors (Lipinski definition) is 5. The number of carbonyl (C=O) groups excluding carboxylic acids is 1. The van der Waals surface area contributed by atoms with Crippen molar-refractivity contribution in [2.75, 3.05) is 6.61 Å². The molecular formula is C17H15N3O4. The number of nitro groups is 1. The van der Waals surface area contributed by atoms with Crippen LogP contribution in [-0.4, -0.2) is 23.7 Å². The zero-order valence-corrected chi connectivity index (χ0v) is 12.7. The van der Waals surface area contributed by atoms with Crippen LogP contribution in [0.15, 0.2) is 53.6 Å². The van der Waals surface area contributed by atoms with E-state index in [-0.39, 0.29) is 11.6 Å². The minimum absolute atomic E-state index is 0.0326. The molecule has 2 aromatic rings. The monoisotopic (exact) mass is 325 g/mol. The highest BCUT2D eigenvalue weighted by Gasteiger charge is 2.26. The second-order valence-electron chi connectivity index (χ2n) is 5.29. The van der Waals surface area contributed by atoms with E-state index in [1.165, 1.54) is 18.3 Å². The number of benzene rings is 2. The van der Waals surface area contributed by atoms with Gasteiger partial charge in [-0.15, -0.1) is 0 Å². The molecule has 7 heteroatoms. The number of carbonyl (C=O) groups is 1. The minimum Gasteiger partial charge on any atom is -0.363 e. The van der Waals surface area contributed by atoms with Gasteiger partial charge in [0.2, 0.25) is 0 Å². The van der Waals surface area contributed by atoms with Crippen LogP contribution in [0.4, 0.5) is 5.69 Å². The van der Waals surface area contributed by atoms with Gasteiger partial charge in [-0.25, -0.2) is 5.43 Å². The molecule has 1 atom stereocenters. The fraction of sp³-hybridized carbons (Fsp3) is 0.176. The zero-order valence-electron chi connectivity index (χ0n) is 12.7. The number of ether oxygens (including phenoxy) is 1. The smallest absolute Gasteiger partial charge is 0.273 e. The van der Waals surface area contributed by atoms with Crippen molar-refractivity contribution in [1.82, 2.24) is 5.43 Å². The number of nitrogens with one attached hydrogen (secondary N) is 1. The molecule has 24 heavy (non-hydrogen) atoms. The summed E-state index contributed by atoms with van der Waals surface area (Å²) in [6, 6.07) is 13.6. The van der Waals surface area contributed by atoms with Gasteiger partial charge in [0.1, 0.15) is 0 Å². The minimum atomic E-state index is -0.697. The molecule has 0 bridgehead atoms. The van der Waals surface area contributed by atoms with Crippen LogP contribution < -0.4 is 5.43 Å². The van der Waals surface area contributed by atoms with Crippen molar-refractivity contribution in [2.24, 2.45) is 5.10 Å². The average molecular weight is 325 g/mol. The lowest BCUT2D eigenvalue weighted by Crippen LogP contribution is -2.31. The van der Waals surface area contributed by atoms with Gasteiger partial charge in [0.25, 0.3) is 11.6 Å². The quantitative estimate of drug-likeness (QED) is 0.530. The van der Waals surface area contributed by atoms with Gasteiger partial charge in [0, 0.05) is 17.7 Å². The number of rotatable bonds is 4. The molecule has 0 radical (unpaired) electrons. The van der Waals surface area contributed by atoms with E-state index in [1.54, 1.807) is 12.1 Å².